The molecule has 1 N–H and O–H groups in total. The van der Waals surface area contributed by atoms with Gasteiger partial charge in [-0.15, -0.1) is 30.0 Å². The molecule has 39 heavy (non-hydrogen) atoms. The van der Waals surface area contributed by atoms with Gasteiger partial charge in [0, 0.05) is 11.8 Å². The van der Waals surface area contributed by atoms with Crippen molar-refractivity contribution in [3.63, 3.8) is 0 Å². The van der Waals surface area contributed by atoms with E-state index in [1.165, 1.54) is 4.90 Å². The largest absolute Gasteiger partial charge is 0.465 e. The molecular weight excluding hydrogens is 518 g/mol. The number of likely N-dealkylation sites (tertiary alicyclic amines) is 1. The summed E-state index contributed by atoms with van der Waals surface area (Å²) in [6.45, 7) is 9.61. The summed E-state index contributed by atoms with van der Waals surface area (Å²) in [5.41, 5.74) is 1.50. The van der Waals surface area contributed by atoms with Crippen LogP contribution >= 0.6 is 11.8 Å². The summed E-state index contributed by atoms with van der Waals surface area (Å²) in [4.78, 5) is 44.8. The number of aromatic nitrogens is 3. The minimum atomic E-state index is -0.833. The van der Waals surface area contributed by atoms with E-state index in [1.807, 2.05) is 24.3 Å². The summed E-state index contributed by atoms with van der Waals surface area (Å²) in [7, 11) is 0. The quantitative estimate of drug-likeness (QED) is 0.242. The molecule has 5 rings (SSSR count). The lowest BCUT2D eigenvalue weighted by molar-refractivity contribution is -0.154. The third-order valence-electron chi connectivity index (χ3n) is 8.17. The van der Waals surface area contributed by atoms with Crippen LogP contribution in [0.1, 0.15) is 32.6 Å². The predicted octanol–water partition coefficient (Wildman–Crippen LogP) is 2.38. The van der Waals surface area contributed by atoms with Gasteiger partial charge >= 0.3 is 5.97 Å². The van der Waals surface area contributed by atoms with Gasteiger partial charge in [-0.2, -0.15) is 0 Å². The summed E-state index contributed by atoms with van der Waals surface area (Å²) in [5, 5.41) is 18.5. The Kier molecular flexibility index (Phi) is 7.82. The molecule has 3 fully saturated rings. The molecule has 1 aromatic heterocycles. The molecule has 1 spiro atoms. The molecule has 2 amide bonds. The predicted molar refractivity (Wildman–Crippen MR) is 147 cm³/mol. The molecule has 0 saturated carbocycles. The van der Waals surface area contributed by atoms with Crippen LogP contribution in [0.25, 0.3) is 11.0 Å². The standard InChI is InChI=1S/C28H35N5O5S/c1-4-6-9-15-38-27(37)22-21-12-13-28(39-21)23(22)25(35)33(18(3)16-34)24(28)26(36)31(14-5-2)17-32-20-11-8-7-10-19(20)29-30-32/h4-5,7-8,10-11,18,21-24,34H,1-2,6,9,12-17H2,3H3/t18-,21+,22-,23+,24?,28?/m1/s1. The van der Waals surface area contributed by atoms with Crippen molar-refractivity contribution in [3.8, 4) is 0 Å². The number of rotatable bonds is 12. The molecule has 0 radical (unpaired) electrons. The monoisotopic (exact) mass is 553 g/mol. The number of ether oxygens (including phenoxy) is 1. The van der Waals surface area contributed by atoms with Gasteiger partial charge in [0.1, 0.15) is 18.2 Å². The maximum Gasteiger partial charge on any atom is 0.310 e. The number of carbonyl (C=O) groups excluding carboxylic acids is 3. The van der Waals surface area contributed by atoms with E-state index in [9.17, 15) is 19.5 Å². The Hall–Kier alpha value is -3.18. The molecule has 1 aromatic carbocycles. The highest BCUT2D eigenvalue weighted by Crippen LogP contribution is 2.66. The Morgan fingerprint density at radius 2 is 2.13 bits per heavy atom. The Balaban J connectivity index is 1.47. The molecular formula is C28H35N5O5S. The van der Waals surface area contributed by atoms with E-state index in [4.69, 9.17) is 4.74 Å². The van der Waals surface area contributed by atoms with E-state index < -0.39 is 28.7 Å². The number of para-hydroxylation sites is 1. The molecule has 208 valence electrons. The molecule has 4 heterocycles. The van der Waals surface area contributed by atoms with Gasteiger partial charge in [0.2, 0.25) is 11.8 Å². The number of aliphatic hydroxyl groups is 1. The van der Waals surface area contributed by atoms with E-state index in [0.29, 0.717) is 18.4 Å². The Morgan fingerprint density at radius 3 is 2.87 bits per heavy atom. The van der Waals surface area contributed by atoms with Crippen LogP contribution in [-0.4, -0.2) is 89.5 Å². The fourth-order valence-electron chi connectivity index (χ4n) is 6.43. The van der Waals surface area contributed by atoms with Gasteiger partial charge in [-0.3, -0.25) is 14.4 Å². The highest BCUT2D eigenvalue weighted by atomic mass is 32.2. The first-order valence-electron chi connectivity index (χ1n) is 13.4. The molecule has 2 aromatic rings. The van der Waals surface area contributed by atoms with Crippen LogP contribution in [0.5, 0.6) is 0 Å². The number of unbranched alkanes of at least 4 members (excludes halogenated alkanes) is 1. The second-order valence-corrected chi connectivity index (χ2v) is 12.1. The molecule has 10 nitrogen and oxygen atoms in total. The van der Waals surface area contributed by atoms with Gasteiger partial charge in [0.05, 0.1) is 41.4 Å². The molecule has 0 aliphatic carbocycles. The van der Waals surface area contributed by atoms with Gasteiger partial charge in [-0.05, 0) is 44.7 Å². The van der Waals surface area contributed by atoms with Gasteiger partial charge in [0.25, 0.3) is 0 Å². The summed E-state index contributed by atoms with van der Waals surface area (Å²) < 4.78 is 6.49. The van der Waals surface area contributed by atoms with Gasteiger partial charge < -0.3 is 19.6 Å². The van der Waals surface area contributed by atoms with E-state index in [1.54, 1.807) is 40.4 Å². The van der Waals surface area contributed by atoms with E-state index in [2.05, 4.69) is 23.5 Å². The number of nitrogens with zero attached hydrogens (tertiary/aromatic N) is 5. The molecule has 2 bridgehead atoms. The van der Waals surface area contributed by atoms with Crippen LogP contribution in [0.4, 0.5) is 0 Å². The topological polar surface area (TPSA) is 118 Å². The number of amides is 2. The van der Waals surface area contributed by atoms with Crippen LogP contribution in [0.3, 0.4) is 0 Å². The SMILES string of the molecule is C=CCCCOC(=O)[C@@H]1[C@@H]2CCC3(S2)C(C(=O)N(CC=C)Cn2nnc4ccccc42)N([C@H](C)CO)C(=O)[C@H]13. The Bertz CT molecular complexity index is 1280. The molecule has 6 atom stereocenters. The van der Waals surface area contributed by atoms with Crippen LogP contribution in [-0.2, 0) is 25.8 Å². The van der Waals surface area contributed by atoms with Crippen molar-refractivity contribution in [1.82, 2.24) is 24.8 Å². The lowest BCUT2D eigenvalue weighted by Crippen LogP contribution is -2.57. The number of thioether (sulfide) groups is 1. The average molecular weight is 554 g/mol. The molecule has 3 aliphatic rings. The number of aliphatic hydroxyl groups excluding tert-OH is 1. The zero-order chi connectivity index (χ0) is 27.7. The first kappa shape index (κ1) is 27.4. The van der Waals surface area contributed by atoms with Crippen molar-refractivity contribution in [1.29, 1.82) is 0 Å². The van der Waals surface area contributed by atoms with Crippen LogP contribution in [0.15, 0.2) is 49.6 Å². The molecule has 3 aliphatic heterocycles. The normalized spacial score (nSPS) is 27.9. The summed E-state index contributed by atoms with van der Waals surface area (Å²) in [6.07, 6.45) is 6.19. The second kappa shape index (κ2) is 11.1. The van der Waals surface area contributed by atoms with Crippen molar-refractivity contribution < 1.29 is 24.2 Å². The number of fused-ring (bicyclic) bond motifs is 2. The van der Waals surface area contributed by atoms with Crippen molar-refractivity contribution in [2.75, 3.05) is 19.8 Å². The van der Waals surface area contributed by atoms with Crippen LogP contribution in [0, 0.1) is 11.8 Å². The Morgan fingerprint density at radius 1 is 1.33 bits per heavy atom. The van der Waals surface area contributed by atoms with Crippen molar-refractivity contribution >= 4 is 40.6 Å². The summed E-state index contributed by atoms with van der Waals surface area (Å²) >= 11 is 1.58. The maximum atomic E-state index is 14.4. The maximum absolute atomic E-state index is 14.4. The lowest BCUT2D eigenvalue weighted by atomic mass is 9.71. The first-order valence-corrected chi connectivity index (χ1v) is 14.3. The minimum Gasteiger partial charge on any atom is -0.465 e. The number of carbonyl (C=O) groups is 3. The number of hydrogen-bond donors (Lipinski definition) is 1. The summed E-state index contributed by atoms with van der Waals surface area (Å²) in [6, 6.07) is 6.08. The minimum absolute atomic E-state index is 0.0835. The second-order valence-electron chi connectivity index (χ2n) is 10.5. The van der Waals surface area contributed by atoms with Gasteiger partial charge in [-0.1, -0.05) is 29.5 Å². The fourth-order valence-corrected chi connectivity index (χ4v) is 8.61. The number of esters is 1. The van der Waals surface area contributed by atoms with Crippen LogP contribution in [0.2, 0.25) is 0 Å². The first-order chi connectivity index (χ1) is 18.9. The number of benzene rings is 1. The van der Waals surface area contributed by atoms with E-state index >= 15 is 0 Å². The molecule has 11 heteroatoms. The highest BCUT2D eigenvalue weighted by molar-refractivity contribution is 8.02. The molecule has 3 saturated heterocycles. The van der Waals surface area contributed by atoms with E-state index in [-0.39, 0.29) is 49.5 Å². The Labute approximate surface area is 232 Å². The highest BCUT2D eigenvalue weighted by Gasteiger charge is 2.74. The third kappa shape index (κ3) is 4.55. The average Bonchev–Trinajstić information content (AvgIpc) is 3.69. The summed E-state index contributed by atoms with van der Waals surface area (Å²) in [5.74, 6) is -2.17. The number of hydrogen-bond acceptors (Lipinski definition) is 8. The van der Waals surface area contributed by atoms with Crippen molar-refractivity contribution in [2.45, 2.75) is 61.4 Å². The zero-order valence-corrected chi connectivity index (χ0v) is 23.0. The van der Waals surface area contributed by atoms with Gasteiger partial charge in [-0.25, -0.2) is 4.68 Å². The zero-order valence-electron chi connectivity index (χ0n) is 22.1. The number of allylic oxidation sites excluding steroid dienone is 1. The van der Waals surface area contributed by atoms with Gasteiger partial charge in [0.15, 0.2) is 0 Å². The van der Waals surface area contributed by atoms with Crippen molar-refractivity contribution in [2.24, 2.45) is 11.8 Å². The lowest BCUT2D eigenvalue weighted by Gasteiger charge is -2.38. The third-order valence-corrected chi connectivity index (χ3v) is 10.1. The smallest absolute Gasteiger partial charge is 0.310 e. The van der Waals surface area contributed by atoms with Crippen molar-refractivity contribution in [3.05, 3.63) is 49.6 Å². The van der Waals surface area contributed by atoms with E-state index in [0.717, 1.165) is 18.4 Å². The molecule has 2 unspecified atom stereocenters. The fraction of sp³-hybridized carbons (Fsp3) is 0.536. The van der Waals surface area contributed by atoms with Crippen LogP contribution < -0.4 is 0 Å².